The van der Waals surface area contributed by atoms with Crippen LogP contribution in [0.5, 0.6) is 0 Å². The van der Waals surface area contributed by atoms with Crippen LogP contribution in [0.1, 0.15) is 34.9 Å². The third-order valence-corrected chi connectivity index (χ3v) is 9.14. The summed E-state index contributed by atoms with van der Waals surface area (Å²) in [5, 5.41) is 8.49. The van der Waals surface area contributed by atoms with E-state index in [0.717, 1.165) is 35.6 Å². The van der Waals surface area contributed by atoms with Crippen molar-refractivity contribution in [1.82, 2.24) is 24.2 Å². The molecule has 2 fully saturated rings. The Hall–Kier alpha value is -2.27. The van der Waals surface area contributed by atoms with Gasteiger partial charge in [0.2, 0.25) is 0 Å². The number of piperazine rings is 1. The molecule has 1 aliphatic carbocycles. The van der Waals surface area contributed by atoms with E-state index >= 15 is 0 Å². The number of amides is 1. The van der Waals surface area contributed by atoms with Crippen molar-refractivity contribution in [3.05, 3.63) is 58.2 Å². The molecule has 2 aliphatic rings. The zero-order valence-corrected chi connectivity index (χ0v) is 18.9. The molecule has 2 aromatic heterocycles. The number of benzene rings is 1. The van der Waals surface area contributed by atoms with E-state index in [-0.39, 0.29) is 29.1 Å². The van der Waals surface area contributed by atoms with E-state index in [1.165, 1.54) is 10.4 Å². The van der Waals surface area contributed by atoms with Crippen molar-refractivity contribution in [3.63, 3.8) is 0 Å². The van der Waals surface area contributed by atoms with Gasteiger partial charge >= 0.3 is 0 Å². The van der Waals surface area contributed by atoms with Gasteiger partial charge in [-0.1, -0.05) is 35.0 Å². The minimum atomic E-state index is -3.60. The zero-order valence-electron chi connectivity index (χ0n) is 16.5. The highest BCUT2D eigenvalue weighted by molar-refractivity contribution is 7.91. The summed E-state index contributed by atoms with van der Waals surface area (Å²) in [5.41, 5.74) is 2.09. The molecule has 11 heteroatoms. The van der Waals surface area contributed by atoms with Gasteiger partial charge in [-0.2, -0.15) is 4.31 Å². The van der Waals surface area contributed by atoms with Crippen LogP contribution >= 0.6 is 22.9 Å². The lowest BCUT2D eigenvalue weighted by Crippen LogP contribution is -2.50. The van der Waals surface area contributed by atoms with E-state index < -0.39 is 10.0 Å². The van der Waals surface area contributed by atoms with Crippen molar-refractivity contribution in [2.24, 2.45) is 0 Å². The Morgan fingerprint density at radius 1 is 1.03 bits per heavy atom. The summed E-state index contributed by atoms with van der Waals surface area (Å²) in [6.45, 7) is 1.07. The Balaban J connectivity index is 1.34. The lowest BCUT2D eigenvalue weighted by atomic mass is 10.2. The molecule has 1 saturated heterocycles. The van der Waals surface area contributed by atoms with Gasteiger partial charge in [-0.05, 0) is 37.1 Å². The van der Waals surface area contributed by atoms with Gasteiger partial charge < -0.3 is 4.90 Å². The first-order chi connectivity index (χ1) is 14.9. The predicted molar refractivity (Wildman–Crippen MR) is 117 cm³/mol. The standard InChI is InChI=1S/C20H20ClN5O3S2/c21-16-8-9-17(30-16)31(28,29)25-12-10-24(11-13-25)20(27)18-19(14-6-7-14)26(23-22-18)15-4-2-1-3-5-15/h1-5,8-9,14H,6-7,10-13H2. The summed E-state index contributed by atoms with van der Waals surface area (Å²) in [6.07, 6.45) is 2.02. The lowest BCUT2D eigenvalue weighted by molar-refractivity contribution is 0.0690. The summed E-state index contributed by atoms with van der Waals surface area (Å²) in [5.74, 6) is 0.0831. The van der Waals surface area contributed by atoms with Crippen LogP contribution in [-0.4, -0.2) is 64.7 Å². The molecular weight excluding hydrogens is 458 g/mol. The van der Waals surface area contributed by atoms with Gasteiger partial charge in [0.15, 0.2) is 5.69 Å². The monoisotopic (exact) mass is 477 g/mol. The molecule has 1 aromatic carbocycles. The number of hydrogen-bond acceptors (Lipinski definition) is 6. The molecule has 0 unspecified atom stereocenters. The number of sulfonamides is 1. The molecule has 5 rings (SSSR count). The fourth-order valence-electron chi connectivity index (χ4n) is 3.77. The zero-order chi connectivity index (χ0) is 21.6. The fourth-order valence-corrected chi connectivity index (χ4v) is 6.83. The molecule has 0 bridgehead atoms. The van der Waals surface area contributed by atoms with Crippen LogP contribution < -0.4 is 0 Å². The molecule has 0 N–H and O–H groups in total. The van der Waals surface area contributed by atoms with Gasteiger partial charge in [-0.25, -0.2) is 13.1 Å². The van der Waals surface area contributed by atoms with E-state index in [4.69, 9.17) is 11.6 Å². The average Bonchev–Trinajstić information content (AvgIpc) is 3.37. The Labute approximate surface area is 189 Å². The number of rotatable bonds is 5. The highest BCUT2D eigenvalue weighted by Gasteiger charge is 2.37. The molecule has 1 aliphatic heterocycles. The van der Waals surface area contributed by atoms with E-state index in [1.54, 1.807) is 15.6 Å². The van der Waals surface area contributed by atoms with Crippen LogP contribution in [0, 0.1) is 0 Å². The number of thiophene rings is 1. The number of hydrogen-bond donors (Lipinski definition) is 0. The molecule has 1 saturated carbocycles. The average molecular weight is 478 g/mol. The van der Waals surface area contributed by atoms with Crippen LogP contribution in [0.15, 0.2) is 46.7 Å². The second-order valence-corrected chi connectivity index (χ2v) is 11.5. The number of aromatic nitrogens is 3. The van der Waals surface area contributed by atoms with Crippen molar-refractivity contribution < 1.29 is 13.2 Å². The fraction of sp³-hybridized carbons (Fsp3) is 0.350. The van der Waals surface area contributed by atoms with E-state index in [2.05, 4.69) is 10.3 Å². The number of carbonyl (C=O) groups is 1. The van der Waals surface area contributed by atoms with Crippen molar-refractivity contribution in [1.29, 1.82) is 0 Å². The molecule has 0 spiro atoms. The Bertz CT molecular complexity index is 1210. The SMILES string of the molecule is O=C(c1nnn(-c2ccccc2)c1C1CC1)N1CCN(S(=O)(=O)c2ccc(Cl)s2)CC1. The maximum atomic E-state index is 13.3. The molecule has 0 atom stereocenters. The van der Waals surface area contributed by atoms with Crippen molar-refractivity contribution in [3.8, 4) is 5.69 Å². The Kier molecular flexibility index (Phi) is 5.33. The maximum absolute atomic E-state index is 13.3. The molecule has 162 valence electrons. The van der Waals surface area contributed by atoms with Crippen LogP contribution in [0.4, 0.5) is 0 Å². The highest BCUT2D eigenvalue weighted by Crippen LogP contribution is 2.42. The first kappa shape index (κ1) is 20.6. The second-order valence-electron chi connectivity index (χ2n) is 7.60. The van der Waals surface area contributed by atoms with Gasteiger partial charge in [0.1, 0.15) is 4.21 Å². The summed E-state index contributed by atoms with van der Waals surface area (Å²) >= 11 is 6.94. The molecule has 1 amide bonds. The van der Waals surface area contributed by atoms with Gasteiger partial charge in [-0.15, -0.1) is 16.4 Å². The third kappa shape index (κ3) is 3.89. The summed E-state index contributed by atoms with van der Waals surface area (Å²) in [7, 11) is -3.60. The van der Waals surface area contributed by atoms with Gasteiger partial charge in [-0.3, -0.25) is 4.79 Å². The van der Waals surface area contributed by atoms with E-state index in [1.807, 2.05) is 30.3 Å². The summed E-state index contributed by atoms with van der Waals surface area (Å²) < 4.78 is 29.4. The van der Waals surface area contributed by atoms with Gasteiger partial charge in [0, 0.05) is 32.1 Å². The lowest BCUT2D eigenvalue weighted by Gasteiger charge is -2.33. The quantitative estimate of drug-likeness (QED) is 0.563. The molecule has 8 nitrogen and oxygen atoms in total. The van der Waals surface area contributed by atoms with Crippen molar-refractivity contribution in [2.45, 2.75) is 23.0 Å². The molecule has 0 radical (unpaired) electrons. The summed E-state index contributed by atoms with van der Waals surface area (Å²) in [4.78, 5) is 14.9. The first-order valence-electron chi connectivity index (χ1n) is 10.0. The van der Waals surface area contributed by atoms with Gasteiger partial charge in [0.05, 0.1) is 15.7 Å². The second kappa shape index (κ2) is 8.01. The van der Waals surface area contributed by atoms with Crippen LogP contribution in [0.2, 0.25) is 4.34 Å². The third-order valence-electron chi connectivity index (χ3n) is 5.54. The van der Waals surface area contributed by atoms with Crippen LogP contribution in [0.25, 0.3) is 5.69 Å². The largest absolute Gasteiger partial charge is 0.335 e. The van der Waals surface area contributed by atoms with Crippen LogP contribution in [0.3, 0.4) is 0 Å². The topological polar surface area (TPSA) is 88.4 Å². The van der Waals surface area contributed by atoms with Crippen molar-refractivity contribution in [2.75, 3.05) is 26.2 Å². The first-order valence-corrected chi connectivity index (χ1v) is 12.6. The van der Waals surface area contributed by atoms with Crippen LogP contribution in [-0.2, 0) is 10.0 Å². The number of carbonyl (C=O) groups excluding carboxylic acids is 1. The van der Waals surface area contributed by atoms with Gasteiger partial charge in [0.25, 0.3) is 15.9 Å². The normalized spacial score (nSPS) is 17.8. The molecule has 3 aromatic rings. The number of nitrogens with zero attached hydrogens (tertiary/aromatic N) is 5. The predicted octanol–water partition coefficient (Wildman–Crippen LogP) is 3.01. The smallest absolute Gasteiger partial charge is 0.276 e. The maximum Gasteiger partial charge on any atom is 0.276 e. The minimum Gasteiger partial charge on any atom is -0.335 e. The minimum absolute atomic E-state index is 0.194. The Morgan fingerprint density at radius 2 is 1.74 bits per heavy atom. The Morgan fingerprint density at radius 3 is 2.35 bits per heavy atom. The molecule has 31 heavy (non-hydrogen) atoms. The number of halogens is 1. The molecule has 3 heterocycles. The number of para-hydroxylation sites is 1. The van der Waals surface area contributed by atoms with E-state index in [9.17, 15) is 13.2 Å². The molecular formula is C20H20ClN5O3S2. The summed E-state index contributed by atoms with van der Waals surface area (Å²) in [6, 6.07) is 12.8. The highest BCUT2D eigenvalue weighted by atomic mass is 35.5. The van der Waals surface area contributed by atoms with Crippen molar-refractivity contribution >= 4 is 38.9 Å². The van der Waals surface area contributed by atoms with E-state index in [0.29, 0.717) is 23.1 Å².